The van der Waals surface area contributed by atoms with Crippen molar-refractivity contribution in [1.82, 2.24) is 10.6 Å². The molecule has 178 valence electrons. The monoisotopic (exact) mass is 475 g/mol. The zero-order chi connectivity index (χ0) is 24.5. The highest BCUT2D eigenvalue weighted by atomic mass is 35.5. The van der Waals surface area contributed by atoms with Crippen molar-refractivity contribution in [3.8, 4) is 11.5 Å². The molecule has 0 heterocycles. The molecule has 0 fully saturated rings. The molecule has 0 radical (unpaired) electrons. The van der Waals surface area contributed by atoms with Crippen molar-refractivity contribution in [1.29, 1.82) is 0 Å². The van der Waals surface area contributed by atoms with Crippen molar-refractivity contribution >= 4 is 35.0 Å². The van der Waals surface area contributed by atoms with Gasteiger partial charge in [-0.05, 0) is 42.7 Å². The van der Waals surface area contributed by atoms with Gasteiger partial charge in [0.2, 0.25) is 5.91 Å². The molecule has 2 aromatic rings. The molecule has 0 spiro atoms. The van der Waals surface area contributed by atoms with Gasteiger partial charge in [-0.3, -0.25) is 14.4 Å². The van der Waals surface area contributed by atoms with E-state index in [1.54, 1.807) is 30.3 Å². The zero-order valence-electron chi connectivity index (χ0n) is 19.5. The first-order chi connectivity index (χ1) is 15.7. The molecule has 2 rings (SSSR count). The van der Waals surface area contributed by atoms with Crippen LogP contribution in [0.3, 0.4) is 0 Å². The summed E-state index contributed by atoms with van der Waals surface area (Å²) in [5.41, 5.74) is 1.04. The summed E-state index contributed by atoms with van der Waals surface area (Å²) in [7, 11) is 2.98. The van der Waals surface area contributed by atoms with Crippen LogP contribution >= 0.6 is 11.6 Å². The van der Waals surface area contributed by atoms with Crippen molar-refractivity contribution in [3.05, 3.63) is 52.5 Å². The van der Waals surface area contributed by atoms with E-state index in [2.05, 4.69) is 16.0 Å². The molecule has 2 aromatic carbocycles. The number of carbonyl (C=O) groups is 3. The van der Waals surface area contributed by atoms with Crippen LogP contribution in [0, 0.1) is 5.92 Å². The number of methoxy groups -OCH3 is 2. The molecule has 0 aliphatic carbocycles. The van der Waals surface area contributed by atoms with Crippen molar-refractivity contribution in [3.63, 3.8) is 0 Å². The molecule has 1 unspecified atom stereocenters. The summed E-state index contributed by atoms with van der Waals surface area (Å²) in [5.74, 6) is -0.406. The SMILES string of the molecule is CCCNC(=O)c1ccc(NC(=O)C(NC(=O)c2cc(OC)cc(OC)c2)C(C)C)cc1Cl. The van der Waals surface area contributed by atoms with Gasteiger partial charge in [-0.2, -0.15) is 0 Å². The van der Waals surface area contributed by atoms with Crippen LogP contribution in [0.25, 0.3) is 0 Å². The average molecular weight is 476 g/mol. The number of ether oxygens (including phenoxy) is 2. The number of hydrogen-bond acceptors (Lipinski definition) is 5. The van der Waals surface area contributed by atoms with Gasteiger partial charge >= 0.3 is 0 Å². The van der Waals surface area contributed by atoms with Crippen molar-refractivity contribution in [2.75, 3.05) is 26.1 Å². The Labute approximate surface area is 199 Å². The Hall–Kier alpha value is -3.26. The van der Waals surface area contributed by atoms with Crippen LogP contribution in [0.4, 0.5) is 5.69 Å². The minimum Gasteiger partial charge on any atom is -0.497 e. The molecule has 3 amide bonds. The number of nitrogens with one attached hydrogen (secondary N) is 3. The second kappa shape index (κ2) is 12.1. The molecule has 0 aromatic heterocycles. The Morgan fingerprint density at radius 2 is 1.61 bits per heavy atom. The van der Waals surface area contributed by atoms with E-state index in [4.69, 9.17) is 21.1 Å². The number of halogens is 1. The highest BCUT2D eigenvalue weighted by Gasteiger charge is 2.25. The fourth-order valence-corrected chi connectivity index (χ4v) is 3.30. The molecule has 0 saturated carbocycles. The largest absolute Gasteiger partial charge is 0.497 e. The van der Waals surface area contributed by atoms with Gasteiger partial charge in [0.25, 0.3) is 11.8 Å². The normalized spacial score (nSPS) is 11.5. The summed E-state index contributed by atoms with van der Waals surface area (Å²) in [6, 6.07) is 8.61. The quantitative estimate of drug-likeness (QED) is 0.483. The minimum absolute atomic E-state index is 0.198. The van der Waals surface area contributed by atoms with E-state index in [1.165, 1.54) is 20.3 Å². The van der Waals surface area contributed by atoms with E-state index in [0.29, 0.717) is 34.9 Å². The van der Waals surface area contributed by atoms with Crippen LogP contribution in [0.5, 0.6) is 11.5 Å². The third kappa shape index (κ3) is 7.12. The molecule has 3 N–H and O–H groups in total. The van der Waals surface area contributed by atoms with Gasteiger partial charge in [0.05, 0.1) is 24.8 Å². The Balaban J connectivity index is 2.15. The number of carbonyl (C=O) groups excluding carboxylic acids is 3. The van der Waals surface area contributed by atoms with Crippen LogP contribution in [0.1, 0.15) is 47.9 Å². The number of hydrogen-bond donors (Lipinski definition) is 3. The molecule has 1 atom stereocenters. The van der Waals surface area contributed by atoms with Crippen molar-refractivity contribution < 1.29 is 23.9 Å². The maximum absolute atomic E-state index is 12.9. The van der Waals surface area contributed by atoms with E-state index < -0.39 is 17.9 Å². The highest BCUT2D eigenvalue weighted by Crippen LogP contribution is 2.24. The van der Waals surface area contributed by atoms with Crippen LogP contribution in [-0.4, -0.2) is 44.5 Å². The minimum atomic E-state index is -0.819. The maximum Gasteiger partial charge on any atom is 0.252 e. The average Bonchev–Trinajstić information content (AvgIpc) is 2.80. The predicted octanol–water partition coefficient (Wildman–Crippen LogP) is 3.89. The van der Waals surface area contributed by atoms with Crippen LogP contribution in [0.2, 0.25) is 5.02 Å². The standard InChI is InChI=1S/C24H30ClN3O5/c1-6-9-26-23(30)19-8-7-16(12-20(19)25)27-24(31)21(14(2)3)28-22(29)15-10-17(32-4)13-18(11-15)33-5/h7-8,10-14,21H,6,9H2,1-5H3,(H,26,30)(H,27,31)(H,28,29). The number of benzene rings is 2. The predicted molar refractivity (Wildman–Crippen MR) is 128 cm³/mol. The van der Waals surface area contributed by atoms with Gasteiger partial charge < -0.3 is 25.4 Å². The topological polar surface area (TPSA) is 106 Å². The lowest BCUT2D eigenvalue weighted by Crippen LogP contribution is -2.47. The summed E-state index contributed by atoms with van der Waals surface area (Å²) in [6.07, 6.45) is 0.808. The first kappa shape index (κ1) is 26.0. The van der Waals surface area contributed by atoms with Crippen LogP contribution in [-0.2, 0) is 4.79 Å². The summed E-state index contributed by atoms with van der Waals surface area (Å²) in [5, 5.41) is 8.50. The van der Waals surface area contributed by atoms with Crippen molar-refractivity contribution in [2.45, 2.75) is 33.2 Å². The summed E-state index contributed by atoms with van der Waals surface area (Å²) < 4.78 is 10.4. The molecule has 0 aliphatic rings. The summed E-state index contributed by atoms with van der Waals surface area (Å²) in [6.45, 7) is 6.15. The van der Waals surface area contributed by atoms with Gasteiger partial charge in [0, 0.05) is 23.9 Å². The number of rotatable bonds is 10. The number of anilines is 1. The second-order valence-electron chi connectivity index (χ2n) is 7.74. The third-order valence-electron chi connectivity index (χ3n) is 4.87. The fraction of sp³-hybridized carbons (Fsp3) is 0.375. The third-order valence-corrected chi connectivity index (χ3v) is 5.18. The number of amides is 3. The van der Waals surface area contributed by atoms with Crippen molar-refractivity contribution in [2.24, 2.45) is 5.92 Å². The van der Waals surface area contributed by atoms with Gasteiger partial charge in [-0.25, -0.2) is 0 Å². The van der Waals surface area contributed by atoms with Gasteiger partial charge in [0.15, 0.2) is 0 Å². The van der Waals surface area contributed by atoms with Gasteiger partial charge in [-0.1, -0.05) is 32.4 Å². The molecular formula is C24H30ClN3O5. The fourth-order valence-electron chi connectivity index (χ4n) is 3.03. The van der Waals surface area contributed by atoms with E-state index >= 15 is 0 Å². The highest BCUT2D eigenvalue weighted by molar-refractivity contribution is 6.34. The maximum atomic E-state index is 12.9. The summed E-state index contributed by atoms with van der Waals surface area (Å²) in [4.78, 5) is 37.9. The Morgan fingerprint density at radius 1 is 0.970 bits per heavy atom. The van der Waals surface area contributed by atoms with E-state index in [1.807, 2.05) is 20.8 Å². The van der Waals surface area contributed by atoms with Gasteiger partial charge in [0.1, 0.15) is 17.5 Å². The van der Waals surface area contributed by atoms with Crippen LogP contribution < -0.4 is 25.4 Å². The van der Waals surface area contributed by atoms with E-state index in [-0.39, 0.29) is 16.8 Å². The second-order valence-corrected chi connectivity index (χ2v) is 8.14. The molecule has 33 heavy (non-hydrogen) atoms. The summed E-state index contributed by atoms with van der Waals surface area (Å²) >= 11 is 6.24. The van der Waals surface area contributed by atoms with Gasteiger partial charge in [-0.15, -0.1) is 0 Å². The first-order valence-corrected chi connectivity index (χ1v) is 11.0. The lowest BCUT2D eigenvalue weighted by atomic mass is 10.0. The van der Waals surface area contributed by atoms with E-state index in [9.17, 15) is 14.4 Å². The van der Waals surface area contributed by atoms with E-state index in [0.717, 1.165) is 6.42 Å². The molecule has 0 aliphatic heterocycles. The smallest absolute Gasteiger partial charge is 0.252 e. The molecule has 8 nitrogen and oxygen atoms in total. The molecule has 0 bridgehead atoms. The molecule has 9 heteroatoms. The molecular weight excluding hydrogens is 446 g/mol. The molecule has 0 saturated heterocycles. The van der Waals surface area contributed by atoms with Crippen LogP contribution in [0.15, 0.2) is 36.4 Å². The zero-order valence-corrected chi connectivity index (χ0v) is 20.2. The Kier molecular flexibility index (Phi) is 9.54. The Bertz CT molecular complexity index is 987. The lowest BCUT2D eigenvalue weighted by molar-refractivity contribution is -0.118. The Morgan fingerprint density at radius 3 is 2.12 bits per heavy atom. The lowest BCUT2D eigenvalue weighted by Gasteiger charge is -2.22. The first-order valence-electron chi connectivity index (χ1n) is 10.6.